The van der Waals surface area contributed by atoms with Gasteiger partial charge in [0, 0.05) is 34.3 Å². The van der Waals surface area contributed by atoms with Gasteiger partial charge in [-0.1, -0.05) is 19.9 Å². The van der Waals surface area contributed by atoms with Crippen molar-refractivity contribution in [2.75, 3.05) is 13.6 Å². The highest BCUT2D eigenvalue weighted by Gasteiger charge is 2.06. The molecule has 0 saturated heterocycles. The highest BCUT2D eigenvalue weighted by molar-refractivity contribution is 7.15. The molecule has 108 valence electrons. The molecule has 2 rings (SSSR count). The molecule has 0 saturated carbocycles. The summed E-state index contributed by atoms with van der Waals surface area (Å²) in [5.74, 6) is 0.808. The van der Waals surface area contributed by atoms with E-state index in [1.165, 1.54) is 34.7 Å². The molecule has 2 aromatic rings. The summed E-state index contributed by atoms with van der Waals surface area (Å²) in [5.41, 5.74) is 1.21. The van der Waals surface area contributed by atoms with Crippen molar-refractivity contribution in [3.05, 3.63) is 41.5 Å². The van der Waals surface area contributed by atoms with Crippen LogP contribution in [-0.4, -0.2) is 23.5 Å². The Kier molecular flexibility index (Phi) is 5.74. The van der Waals surface area contributed by atoms with Crippen LogP contribution in [0.25, 0.3) is 10.4 Å². The van der Waals surface area contributed by atoms with Gasteiger partial charge >= 0.3 is 0 Å². The first-order valence-electron chi connectivity index (χ1n) is 7.33. The van der Waals surface area contributed by atoms with Crippen molar-refractivity contribution in [2.24, 2.45) is 5.92 Å². The van der Waals surface area contributed by atoms with Gasteiger partial charge in [-0.25, -0.2) is 0 Å². The van der Waals surface area contributed by atoms with E-state index in [2.05, 4.69) is 49.0 Å². The third kappa shape index (κ3) is 4.73. The van der Waals surface area contributed by atoms with E-state index in [1.807, 2.05) is 29.8 Å². The predicted molar refractivity (Wildman–Crippen MR) is 88.0 cm³/mol. The maximum Gasteiger partial charge on any atom is 0.0361 e. The molecule has 0 aliphatic rings. The quantitative estimate of drug-likeness (QED) is 0.735. The van der Waals surface area contributed by atoms with Crippen LogP contribution >= 0.6 is 11.3 Å². The zero-order chi connectivity index (χ0) is 14.4. The van der Waals surface area contributed by atoms with Crippen LogP contribution < -0.4 is 0 Å². The van der Waals surface area contributed by atoms with E-state index in [9.17, 15) is 0 Å². The smallest absolute Gasteiger partial charge is 0.0361 e. The van der Waals surface area contributed by atoms with Gasteiger partial charge < -0.3 is 4.90 Å². The molecule has 20 heavy (non-hydrogen) atoms. The first kappa shape index (κ1) is 15.2. The lowest BCUT2D eigenvalue weighted by molar-refractivity contribution is 0.313. The summed E-state index contributed by atoms with van der Waals surface area (Å²) < 4.78 is 0. The Balaban J connectivity index is 1.86. The molecule has 0 atom stereocenters. The lowest BCUT2D eigenvalue weighted by Gasteiger charge is -2.16. The van der Waals surface area contributed by atoms with Crippen LogP contribution in [0, 0.1) is 5.92 Å². The van der Waals surface area contributed by atoms with Gasteiger partial charge in [0.05, 0.1) is 0 Å². The topological polar surface area (TPSA) is 16.1 Å². The van der Waals surface area contributed by atoms with Crippen molar-refractivity contribution in [3.63, 3.8) is 0 Å². The minimum absolute atomic E-state index is 0.808. The number of pyridine rings is 1. The molecule has 0 spiro atoms. The Morgan fingerprint density at radius 1 is 1.25 bits per heavy atom. The largest absolute Gasteiger partial charge is 0.301 e. The lowest BCUT2D eigenvalue weighted by atomic mass is 10.1. The molecule has 0 bridgehead atoms. The fourth-order valence-corrected chi connectivity index (χ4v) is 3.32. The van der Waals surface area contributed by atoms with Crippen molar-refractivity contribution in [1.29, 1.82) is 0 Å². The molecular formula is C17H24N2S. The summed E-state index contributed by atoms with van der Waals surface area (Å²) in [7, 11) is 2.21. The summed E-state index contributed by atoms with van der Waals surface area (Å²) in [6.07, 6.45) is 6.35. The van der Waals surface area contributed by atoms with Crippen LogP contribution in [-0.2, 0) is 6.54 Å². The van der Waals surface area contributed by atoms with Crippen molar-refractivity contribution < 1.29 is 0 Å². The van der Waals surface area contributed by atoms with Crippen molar-refractivity contribution in [1.82, 2.24) is 9.88 Å². The minimum Gasteiger partial charge on any atom is -0.301 e. The molecule has 2 nitrogen and oxygen atoms in total. The van der Waals surface area contributed by atoms with Gasteiger partial charge in [-0.15, -0.1) is 11.3 Å². The Morgan fingerprint density at radius 3 is 2.80 bits per heavy atom. The van der Waals surface area contributed by atoms with E-state index in [4.69, 9.17) is 0 Å². The van der Waals surface area contributed by atoms with Crippen LogP contribution in [0.5, 0.6) is 0 Å². The molecule has 0 aliphatic carbocycles. The van der Waals surface area contributed by atoms with E-state index in [0.29, 0.717) is 0 Å². The molecule has 0 unspecified atom stereocenters. The van der Waals surface area contributed by atoms with Gasteiger partial charge in [-0.05, 0) is 50.6 Å². The van der Waals surface area contributed by atoms with Crippen LogP contribution in [0.2, 0.25) is 0 Å². The fraction of sp³-hybridized carbons (Fsp3) is 0.471. The first-order valence-corrected chi connectivity index (χ1v) is 8.14. The SMILES string of the molecule is CC(C)CCCN(C)Cc1ccc(-c2cccnc2)s1. The Labute approximate surface area is 126 Å². The van der Waals surface area contributed by atoms with Crippen LogP contribution in [0.15, 0.2) is 36.7 Å². The number of aromatic nitrogens is 1. The number of rotatable bonds is 7. The highest BCUT2D eigenvalue weighted by atomic mass is 32.1. The second-order valence-electron chi connectivity index (χ2n) is 5.78. The maximum absolute atomic E-state index is 4.18. The molecular weight excluding hydrogens is 264 g/mol. The summed E-state index contributed by atoms with van der Waals surface area (Å²) in [4.78, 5) is 9.34. The first-order chi connectivity index (χ1) is 9.65. The average Bonchev–Trinajstić information content (AvgIpc) is 2.88. The molecule has 2 heterocycles. The molecule has 3 heteroatoms. The van der Waals surface area contributed by atoms with Crippen molar-refractivity contribution in [2.45, 2.75) is 33.2 Å². The normalized spacial score (nSPS) is 11.4. The molecule has 0 N–H and O–H groups in total. The van der Waals surface area contributed by atoms with Gasteiger partial charge in [0.15, 0.2) is 0 Å². The molecule has 0 fully saturated rings. The van der Waals surface area contributed by atoms with Crippen molar-refractivity contribution >= 4 is 11.3 Å². The Hall–Kier alpha value is -1.19. The number of thiophene rings is 1. The van der Waals surface area contributed by atoms with Gasteiger partial charge in [0.2, 0.25) is 0 Å². The second kappa shape index (κ2) is 7.55. The number of nitrogens with zero attached hydrogens (tertiary/aromatic N) is 2. The van der Waals surface area contributed by atoms with E-state index < -0.39 is 0 Å². The molecule has 0 amide bonds. The second-order valence-corrected chi connectivity index (χ2v) is 6.95. The highest BCUT2D eigenvalue weighted by Crippen LogP contribution is 2.28. The fourth-order valence-electron chi connectivity index (χ4n) is 2.24. The third-order valence-corrected chi connectivity index (χ3v) is 4.47. The third-order valence-electron chi connectivity index (χ3n) is 3.35. The molecule has 0 aromatic carbocycles. The number of hydrogen-bond acceptors (Lipinski definition) is 3. The van der Waals surface area contributed by atoms with Gasteiger partial charge in [-0.2, -0.15) is 0 Å². The van der Waals surface area contributed by atoms with Gasteiger partial charge in [-0.3, -0.25) is 4.98 Å². The maximum atomic E-state index is 4.18. The summed E-state index contributed by atoms with van der Waals surface area (Å²) in [6, 6.07) is 8.56. The minimum atomic E-state index is 0.808. The van der Waals surface area contributed by atoms with Crippen LogP contribution in [0.1, 0.15) is 31.6 Å². The van der Waals surface area contributed by atoms with Crippen LogP contribution in [0.4, 0.5) is 0 Å². The van der Waals surface area contributed by atoms with E-state index >= 15 is 0 Å². The summed E-state index contributed by atoms with van der Waals surface area (Å²) in [6.45, 7) is 6.81. The predicted octanol–water partition coefficient (Wildman–Crippen LogP) is 4.68. The average molecular weight is 288 g/mol. The Bertz CT molecular complexity index is 505. The molecule has 0 aliphatic heterocycles. The zero-order valence-corrected chi connectivity index (χ0v) is 13.5. The Morgan fingerprint density at radius 2 is 2.10 bits per heavy atom. The summed E-state index contributed by atoms with van der Waals surface area (Å²) >= 11 is 1.87. The van der Waals surface area contributed by atoms with E-state index in [-0.39, 0.29) is 0 Å². The number of hydrogen-bond donors (Lipinski definition) is 0. The van der Waals surface area contributed by atoms with E-state index in [1.54, 1.807) is 0 Å². The lowest BCUT2D eigenvalue weighted by Crippen LogP contribution is -2.18. The molecule has 2 aromatic heterocycles. The monoisotopic (exact) mass is 288 g/mol. The standard InChI is InChI=1S/C17H24N2S/c1-14(2)6-5-11-19(3)13-16-8-9-17(20-16)15-7-4-10-18-12-15/h4,7-10,12,14H,5-6,11,13H2,1-3H3. The molecule has 0 radical (unpaired) electrons. The van der Waals surface area contributed by atoms with Crippen molar-refractivity contribution in [3.8, 4) is 10.4 Å². The van der Waals surface area contributed by atoms with Gasteiger partial charge in [0.25, 0.3) is 0 Å². The van der Waals surface area contributed by atoms with E-state index in [0.717, 1.165) is 12.5 Å². The van der Waals surface area contributed by atoms with Crippen LogP contribution in [0.3, 0.4) is 0 Å². The summed E-state index contributed by atoms with van der Waals surface area (Å²) in [5, 5.41) is 0. The van der Waals surface area contributed by atoms with Gasteiger partial charge in [0.1, 0.15) is 0 Å². The zero-order valence-electron chi connectivity index (χ0n) is 12.7.